The number of thioether (sulfide) groups is 1. The number of hydrogen-bond acceptors (Lipinski definition) is 3. The third-order valence-corrected chi connectivity index (χ3v) is 2.58. The summed E-state index contributed by atoms with van der Waals surface area (Å²) < 4.78 is 0. The Morgan fingerprint density at radius 1 is 1.77 bits per heavy atom. The van der Waals surface area contributed by atoms with Gasteiger partial charge in [0.15, 0.2) is 5.17 Å². The Bertz CT molecular complexity index is 212. The molecular formula is C9H16N2S2. The van der Waals surface area contributed by atoms with E-state index < -0.39 is 0 Å². The molecule has 0 amide bonds. The maximum Gasteiger partial charge on any atom is 0.161 e. The van der Waals surface area contributed by atoms with Gasteiger partial charge in [-0.2, -0.15) is 0 Å². The second-order valence-electron chi connectivity index (χ2n) is 2.50. The topological polar surface area (TPSA) is 24.4 Å². The van der Waals surface area contributed by atoms with Crippen molar-refractivity contribution < 1.29 is 0 Å². The van der Waals surface area contributed by atoms with Gasteiger partial charge in [-0.15, -0.1) is 6.58 Å². The predicted octanol–water partition coefficient (Wildman–Crippen LogP) is 2.46. The average Bonchev–Trinajstić information content (AvgIpc) is 2.15. The lowest BCUT2D eigenvalue weighted by Crippen LogP contribution is -2.30. The molecule has 0 aliphatic heterocycles. The summed E-state index contributed by atoms with van der Waals surface area (Å²) in [5.74, 6) is 0.198. The fourth-order valence-corrected chi connectivity index (χ4v) is 1.35. The van der Waals surface area contributed by atoms with Crippen LogP contribution in [0.4, 0.5) is 0 Å². The maximum absolute atomic E-state index is 5.16. The molecule has 1 N–H and O–H groups in total. The molecule has 0 bridgehead atoms. The summed E-state index contributed by atoms with van der Waals surface area (Å²) in [7, 11) is 0. The quantitative estimate of drug-likeness (QED) is 0.339. The van der Waals surface area contributed by atoms with Crippen molar-refractivity contribution in [2.45, 2.75) is 13.8 Å². The van der Waals surface area contributed by atoms with E-state index in [0.717, 1.165) is 16.7 Å². The molecule has 0 saturated carbocycles. The standard InChI is InChI=1S/C9H16N2S2/c1-5-7(3)8(12)11-9(13-4)10-6-2/h5,7H,1,6H2,2-4H3,(H,10,11,12). The Kier molecular flexibility index (Phi) is 6.90. The summed E-state index contributed by atoms with van der Waals surface area (Å²) in [5.41, 5.74) is 0. The second kappa shape index (κ2) is 7.09. The monoisotopic (exact) mass is 216 g/mol. The van der Waals surface area contributed by atoms with E-state index in [9.17, 15) is 0 Å². The first kappa shape index (κ1) is 12.7. The minimum absolute atomic E-state index is 0.198. The highest BCUT2D eigenvalue weighted by Gasteiger charge is 2.05. The van der Waals surface area contributed by atoms with Gasteiger partial charge in [-0.3, -0.25) is 4.99 Å². The van der Waals surface area contributed by atoms with E-state index in [2.05, 4.69) is 16.9 Å². The number of rotatable bonds is 3. The zero-order valence-electron chi connectivity index (χ0n) is 8.33. The Morgan fingerprint density at radius 3 is 2.77 bits per heavy atom. The normalized spacial score (nSPS) is 13.6. The molecule has 0 fully saturated rings. The highest BCUT2D eigenvalue weighted by molar-refractivity contribution is 8.13. The third-order valence-electron chi connectivity index (χ3n) is 1.49. The highest BCUT2D eigenvalue weighted by Crippen LogP contribution is 2.01. The van der Waals surface area contributed by atoms with Crippen LogP contribution in [0, 0.1) is 5.92 Å². The Morgan fingerprint density at radius 2 is 2.38 bits per heavy atom. The van der Waals surface area contributed by atoms with Crippen LogP contribution in [0.15, 0.2) is 17.6 Å². The minimum atomic E-state index is 0.198. The van der Waals surface area contributed by atoms with Crippen molar-refractivity contribution in [2.24, 2.45) is 10.9 Å². The molecule has 13 heavy (non-hydrogen) atoms. The van der Waals surface area contributed by atoms with Gasteiger partial charge in [0.2, 0.25) is 0 Å². The van der Waals surface area contributed by atoms with Gasteiger partial charge in [0.25, 0.3) is 0 Å². The van der Waals surface area contributed by atoms with E-state index in [0.29, 0.717) is 0 Å². The molecule has 0 saturated heterocycles. The zero-order chi connectivity index (χ0) is 10.3. The van der Waals surface area contributed by atoms with Crippen molar-refractivity contribution in [3.8, 4) is 0 Å². The van der Waals surface area contributed by atoms with Gasteiger partial charge >= 0.3 is 0 Å². The second-order valence-corrected chi connectivity index (χ2v) is 3.73. The molecule has 2 nitrogen and oxygen atoms in total. The summed E-state index contributed by atoms with van der Waals surface area (Å²) in [5, 5.41) is 3.97. The van der Waals surface area contributed by atoms with Crippen LogP contribution in [0.5, 0.6) is 0 Å². The smallest absolute Gasteiger partial charge is 0.161 e. The molecule has 0 rings (SSSR count). The molecule has 0 aromatic rings. The third kappa shape index (κ3) is 5.05. The molecule has 74 valence electrons. The Labute approximate surface area is 89.9 Å². The van der Waals surface area contributed by atoms with Crippen molar-refractivity contribution in [3.63, 3.8) is 0 Å². The van der Waals surface area contributed by atoms with Crippen LogP contribution < -0.4 is 5.32 Å². The van der Waals surface area contributed by atoms with Gasteiger partial charge in [0.05, 0.1) is 4.99 Å². The molecule has 0 heterocycles. The average molecular weight is 216 g/mol. The summed E-state index contributed by atoms with van der Waals surface area (Å²) in [4.78, 5) is 5.02. The van der Waals surface area contributed by atoms with Crippen LogP contribution in [0.1, 0.15) is 13.8 Å². The van der Waals surface area contributed by atoms with Crippen molar-refractivity contribution in [2.75, 3.05) is 12.8 Å². The number of nitrogens with zero attached hydrogens (tertiary/aromatic N) is 1. The van der Waals surface area contributed by atoms with E-state index in [1.54, 1.807) is 11.8 Å². The van der Waals surface area contributed by atoms with E-state index in [-0.39, 0.29) is 5.92 Å². The maximum atomic E-state index is 5.16. The first-order chi connectivity index (χ1) is 6.15. The van der Waals surface area contributed by atoms with E-state index in [1.165, 1.54) is 0 Å². The molecule has 4 heteroatoms. The lowest BCUT2D eigenvalue weighted by molar-refractivity contribution is 0.985. The first-order valence-corrected chi connectivity index (χ1v) is 5.80. The molecule has 0 aliphatic rings. The summed E-state index contributed by atoms with van der Waals surface area (Å²) >= 11 is 6.72. The molecule has 1 unspecified atom stereocenters. The van der Waals surface area contributed by atoms with Crippen molar-refractivity contribution in [1.29, 1.82) is 0 Å². The predicted molar refractivity (Wildman–Crippen MR) is 66.6 cm³/mol. The lowest BCUT2D eigenvalue weighted by Gasteiger charge is -2.11. The summed E-state index contributed by atoms with van der Waals surface area (Å²) in [6.07, 6.45) is 3.79. The fourth-order valence-electron chi connectivity index (χ4n) is 0.625. The van der Waals surface area contributed by atoms with Gasteiger partial charge < -0.3 is 5.32 Å². The Hall–Kier alpha value is -0.350. The molecule has 0 radical (unpaired) electrons. The van der Waals surface area contributed by atoms with E-state index >= 15 is 0 Å². The number of amidine groups is 1. The molecular weight excluding hydrogens is 200 g/mol. The highest BCUT2D eigenvalue weighted by atomic mass is 32.2. The zero-order valence-corrected chi connectivity index (χ0v) is 9.97. The number of hydrogen-bond donors (Lipinski definition) is 1. The van der Waals surface area contributed by atoms with Crippen LogP contribution in [-0.2, 0) is 0 Å². The number of nitrogens with one attached hydrogen (secondary N) is 1. The van der Waals surface area contributed by atoms with Gasteiger partial charge in [0.1, 0.15) is 0 Å². The van der Waals surface area contributed by atoms with Crippen LogP contribution in [0.25, 0.3) is 0 Å². The van der Waals surface area contributed by atoms with Crippen LogP contribution in [0.2, 0.25) is 0 Å². The SMILES string of the molecule is C=CC(C)C(=S)NC(=NCC)SC. The van der Waals surface area contributed by atoms with Crippen LogP contribution in [-0.4, -0.2) is 23.0 Å². The molecule has 0 spiro atoms. The lowest BCUT2D eigenvalue weighted by atomic mass is 10.2. The van der Waals surface area contributed by atoms with Gasteiger partial charge in [-0.1, -0.05) is 37.0 Å². The van der Waals surface area contributed by atoms with Crippen molar-refractivity contribution in [1.82, 2.24) is 5.32 Å². The first-order valence-electron chi connectivity index (χ1n) is 4.17. The van der Waals surface area contributed by atoms with Gasteiger partial charge in [0, 0.05) is 12.5 Å². The summed E-state index contributed by atoms with van der Waals surface area (Å²) in [6, 6.07) is 0. The van der Waals surface area contributed by atoms with Crippen molar-refractivity contribution in [3.05, 3.63) is 12.7 Å². The summed E-state index contributed by atoms with van der Waals surface area (Å²) in [6.45, 7) is 8.46. The Balaban J connectivity index is 4.16. The molecule has 0 aromatic heterocycles. The van der Waals surface area contributed by atoms with E-state index in [4.69, 9.17) is 12.2 Å². The van der Waals surface area contributed by atoms with Gasteiger partial charge in [-0.25, -0.2) is 0 Å². The van der Waals surface area contributed by atoms with Crippen LogP contribution in [0.3, 0.4) is 0 Å². The largest absolute Gasteiger partial charge is 0.329 e. The fraction of sp³-hybridized carbons (Fsp3) is 0.556. The van der Waals surface area contributed by atoms with Crippen LogP contribution >= 0.6 is 24.0 Å². The number of aliphatic imine (C=N–C) groups is 1. The van der Waals surface area contributed by atoms with E-state index in [1.807, 2.05) is 26.2 Å². The van der Waals surface area contributed by atoms with Gasteiger partial charge in [-0.05, 0) is 13.2 Å². The number of thiocarbonyl (C=S) groups is 1. The van der Waals surface area contributed by atoms with Crippen molar-refractivity contribution >= 4 is 34.1 Å². The molecule has 0 aliphatic carbocycles. The molecule has 1 atom stereocenters. The molecule has 0 aromatic carbocycles. The minimum Gasteiger partial charge on any atom is -0.329 e.